The first kappa shape index (κ1) is 13.8. The van der Waals surface area contributed by atoms with Crippen LogP contribution < -0.4 is 11.1 Å². The summed E-state index contributed by atoms with van der Waals surface area (Å²) in [5.41, 5.74) is 5.39. The van der Waals surface area contributed by atoms with E-state index in [1.165, 1.54) is 0 Å². The number of hydrogen-bond acceptors (Lipinski definition) is 3. The van der Waals surface area contributed by atoms with Gasteiger partial charge in [0.15, 0.2) is 0 Å². The smallest absolute Gasteiger partial charge is 0.223 e. The third-order valence-corrected chi connectivity index (χ3v) is 3.42. The molecule has 1 fully saturated rings. The van der Waals surface area contributed by atoms with E-state index in [0.717, 1.165) is 31.6 Å². The van der Waals surface area contributed by atoms with Gasteiger partial charge in [-0.05, 0) is 38.5 Å². The lowest BCUT2D eigenvalue weighted by molar-refractivity contribution is -0.126. The number of carbonyl (C=O) groups excluding carboxylic acids is 1. The molecule has 0 heterocycles. The van der Waals surface area contributed by atoms with Crippen LogP contribution in [0.25, 0.3) is 0 Å². The molecule has 5 nitrogen and oxygen atoms in total. The van der Waals surface area contributed by atoms with Crippen molar-refractivity contribution in [3.05, 3.63) is 0 Å². The summed E-state index contributed by atoms with van der Waals surface area (Å²) in [7, 11) is 0. The van der Waals surface area contributed by atoms with Crippen molar-refractivity contribution >= 4 is 11.7 Å². The summed E-state index contributed by atoms with van der Waals surface area (Å²) in [6, 6.07) is -0.0854. The molecule has 0 bridgehead atoms. The molecule has 1 rings (SSSR count). The number of nitrogens with one attached hydrogen (secondary N) is 1. The second-order valence-electron chi connectivity index (χ2n) is 5.16. The molecule has 0 radical (unpaired) electrons. The Morgan fingerprint density at radius 3 is 2.59 bits per heavy atom. The van der Waals surface area contributed by atoms with Gasteiger partial charge in [0.2, 0.25) is 5.91 Å². The van der Waals surface area contributed by atoms with Gasteiger partial charge in [-0.1, -0.05) is 12.1 Å². The Morgan fingerprint density at radius 1 is 1.47 bits per heavy atom. The van der Waals surface area contributed by atoms with Gasteiger partial charge < -0.3 is 16.3 Å². The van der Waals surface area contributed by atoms with Crippen molar-refractivity contribution in [1.29, 1.82) is 0 Å². The first-order valence-corrected chi connectivity index (χ1v) is 6.29. The van der Waals surface area contributed by atoms with E-state index in [-0.39, 0.29) is 23.7 Å². The number of hydrogen-bond donors (Lipinski definition) is 3. The third kappa shape index (κ3) is 4.63. The monoisotopic (exact) mass is 241 g/mol. The van der Waals surface area contributed by atoms with E-state index < -0.39 is 0 Å². The van der Waals surface area contributed by atoms with E-state index in [4.69, 9.17) is 10.9 Å². The van der Waals surface area contributed by atoms with E-state index in [1.54, 1.807) is 0 Å². The normalized spacial score (nSPS) is 27.5. The number of nitrogens with two attached hydrogens (primary N) is 1. The molecule has 98 valence electrons. The van der Waals surface area contributed by atoms with Crippen LogP contribution in [0.4, 0.5) is 0 Å². The maximum Gasteiger partial charge on any atom is 0.223 e. The molecule has 0 saturated heterocycles. The zero-order valence-corrected chi connectivity index (χ0v) is 10.6. The fourth-order valence-electron chi connectivity index (χ4n) is 2.29. The van der Waals surface area contributed by atoms with E-state index in [9.17, 15) is 4.79 Å². The quantitative estimate of drug-likeness (QED) is 0.301. The average molecular weight is 241 g/mol. The minimum atomic E-state index is -0.0854. The zero-order chi connectivity index (χ0) is 12.8. The molecule has 0 aromatic rings. The Labute approximate surface area is 102 Å². The van der Waals surface area contributed by atoms with Gasteiger partial charge in [-0.15, -0.1) is 0 Å². The van der Waals surface area contributed by atoms with Crippen LogP contribution in [0.1, 0.15) is 46.0 Å². The maximum absolute atomic E-state index is 11.9. The van der Waals surface area contributed by atoms with Crippen molar-refractivity contribution in [3.63, 3.8) is 0 Å². The van der Waals surface area contributed by atoms with Crippen LogP contribution in [0.15, 0.2) is 5.16 Å². The molecule has 4 N–H and O–H groups in total. The fourth-order valence-corrected chi connectivity index (χ4v) is 2.29. The Morgan fingerprint density at radius 2 is 2.06 bits per heavy atom. The molecule has 1 unspecified atom stereocenters. The highest BCUT2D eigenvalue weighted by atomic mass is 16.4. The zero-order valence-electron chi connectivity index (χ0n) is 10.6. The molecule has 5 heteroatoms. The topological polar surface area (TPSA) is 87.7 Å². The predicted molar refractivity (Wildman–Crippen MR) is 66.8 cm³/mol. The fraction of sp³-hybridized carbons (Fsp3) is 0.833. The summed E-state index contributed by atoms with van der Waals surface area (Å²) in [5.74, 6) is 1.14. The van der Waals surface area contributed by atoms with Gasteiger partial charge in [-0.3, -0.25) is 4.79 Å². The van der Waals surface area contributed by atoms with E-state index in [2.05, 4.69) is 17.4 Å². The Hall–Kier alpha value is -1.26. The van der Waals surface area contributed by atoms with Gasteiger partial charge in [0, 0.05) is 18.4 Å². The number of nitrogens with zero attached hydrogens (tertiary/aromatic N) is 1. The lowest BCUT2D eigenvalue weighted by atomic mass is 9.82. The second-order valence-corrected chi connectivity index (χ2v) is 5.16. The second kappa shape index (κ2) is 6.47. The number of oxime groups is 1. The molecule has 1 saturated carbocycles. The van der Waals surface area contributed by atoms with Crippen molar-refractivity contribution in [1.82, 2.24) is 5.32 Å². The Kier molecular flexibility index (Phi) is 5.25. The highest BCUT2D eigenvalue weighted by Gasteiger charge is 2.25. The van der Waals surface area contributed by atoms with Gasteiger partial charge in [-0.25, -0.2) is 0 Å². The van der Waals surface area contributed by atoms with Gasteiger partial charge in [0.05, 0.1) is 0 Å². The van der Waals surface area contributed by atoms with Crippen molar-refractivity contribution in [2.45, 2.75) is 52.0 Å². The number of amides is 1. The summed E-state index contributed by atoms with van der Waals surface area (Å²) >= 11 is 0. The molecule has 0 aliphatic heterocycles. The summed E-state index contributed by atoms with van der Waals surface area (Å²) in [6.07, 6.45) is 4.59. The van der Waals surface area contributed by atoms with Gasteiger partial charge in [0.1, 0.15) is 5.84 Å². The van der Waals surface area contributed by atoms with E-state index >= 15 is 0 Å². The number of amidine groups is 1. The first-order valence-electron chi connectivity index (χ1n) is 6.29. The molecule has 1 aliphatic carbocycles. The molecular weight excluding hydrogens is 218 g/mol. The molecular formula is C12H23N3O2. The summed E-state index contributed by atoms with van der Waals surface area (Å²) < 4.78 is 0. The lowest BCUT2D eigenvalue weighted by Gasteiger charge is -2.26. The maximum atomic E-state index is 11.9. The lowest BCUT2D eigenvalue weighted by Crippen LogP contribution is -2.40. The van der Waals surface area contributed by atoms with Crippen LogP contribution in [0.3, 0.4) is 0 Å². The molecule has 1 atom stereocenters. The Balaban J connectivity index is 2.33. The molecule has 0 spiro atoms. The first-order chi connectivity index (χ1) is 8.02. The molecule has 17 heavy (non-hydrogen) atoms. The van der Waals surface area contributed by atoms with Crippen LogP contribution in [-0.2, 0) is 4.79 Å². The van der Waals surface area contributed by atoms with Crippen LogP contribution in [-0.4, -0.2) is 23.0 Å². The van der Waals surface area contributed by atoms with Crippen LogP contribution in [0, 0.1) is 11.8 Å². The standard InChI is InChI=1S/C12H23N3O2/c1-8-3-5-10(6-4-8)12(16)14-9(2)7-11(13)15-17/h8-10,17H,3-7H2,1-2H3,(H2,13,15)(H,14,16). The summed E-state index contributed by atoms with van der Waals surface area (Å²) in [6.45, 7) is 4.09. The Bertz CT molecular complexity index is 283. The molecule has 1 amide bonds. The van der Waals surface area contributed by atoms with Crippen LogP contribution >= 0.6 is 0 Å². The SMILES string of the molecule is CC1CCC(C(=O)NC(C)CC(N)=NO)CC1. The van der Waals surface area contributed by atoms with Gasteiger partial charge in [-0.2, -0.15) is 0 Å². The van der Waals surface area contributed by atoms with E-state index in [1.807, 2.05) is 6.92 Å². The third-order valence-electron chi connectivity index (χ3n) is 3.42. The van der Waals surface area contributed by atoms with Crippen LogP contribution in [0.2, 0.25) is 0 Å². The van der Waals surface area contributed by atoms with Gasteiger partial charge >= 0.3 is 0 Å². The van der Waals surface area contributed by atoms with Crippen molar-refractivity contribution < 1.29 is 10.0 Å². The van der Waals surface area contributed by atoms with Crippen LogP contribution in [0.5, 0.6) is 0 Å². The van der Waals surface area contributed by atoms with Crippen molar-refractivity contribution in [2.24, 2.45) is 22.7 Å². The minimum Gasteiger partial charge on any atom is -0.409 e. The summed E-state index contributed by atoms with van der Waals surface area (Å²) in [4.78, 5) is 11.9. The number of carbonyl (C=O) groups is 1. The highest BCUT2D eigenvalue weighted by Crippen LogP contribution is 2.28. The van der Waals surface area contributed by atoms with Gasteiger partial charge in [0.25, 0.3) is 0 Å². The number of rotatable bonds is 4. The minimum absolute atomic E-state index is 0.0854. The van der Waals surface area contributed by atoms with Crippen molar-refractivity contribution in [3.8, 4) is 0 Å². The highest BCUT2D eigenvalue weighted by molar-refractivity contribution is 5.82. The average Bonchev–Trinajstić information content (AvgIpc) is 2.29. The molecule has 0 aromatic carbocycles. The van der Waals surface area contributed by atoms with E-state index in [0.29, 0.717) is 6.42 Å². The molecule has 0 aromatic heterocycles. The predicted octanol–water partition coefficient (Wildman–Crippen LogP) is 1.45. The van der Waals surface area contributed by atoms with Crippen molar-refractivity contribution in [2.75, 3.05) is 0 Å². The molecule has 1 aliphatic rings. The summed E-state index contributed by atoms with van der Waals surface area (Å²) in [5, 5.41) is 14.3. The largest absolute Gasteiger partial charge is 0.409 e.